The lowest BCUT2D eigenvalue weighted by molar-refractivity contribution is -0.117. The van der Waals surface area contributed by atoms with Crippen molar-refractivity contribution in [1.82, 2.24) is 0 Å². The van der Waals surface area contributed by atoms with E-state index < -0.39 is 0 Å². The molecule has 104 valence electrons. The zero-order chi connectivity index (χ0) is 14.4. The highest BCUT2D eigenvalue weighted by atomic mass is 32.2. The molecule has 0 aliphatic carbocycles. The highest BCUT2D eigenvalue weighted by Gasteiger charge is 2.04. The minimum Gasteiger partial charge on any atom is -0.381 e. The molecule has 0 radical (unpaired) electrons. The molecule has 0 aliphatic heterocycles. The zero-order valence-electron chi connectivity index (χ0n) is 11.4. The molecule has 0 aliphatic rings. The molecule has 0 atom stereocenters. The molecule has 0 unspecified atom stereocenters. The minimum absolute atomic E-state index is 0.259. The first-order valence-electron chi connectivity index (χ1n) is 6.42. The van der Waals surface area contributed by atoms with Crippen molar-refractivity contribution < 1.29 is 4.79 Å². The van der Waals surface area contributed by atoms with Crippen molar-refractivity contribution in [2.45, 2.75) is 17.9 Å². The van der Waals surface area contributed by atoms with Gasteiger partial charge in [0.15, 0.2) is 0 Å². The number of rotatable bonds is 6. The van der Waals surface area contributed by atoms with Gasteiger partial charge in [-0.3, -0.25) is 4.79 Å². The highest BCUT2D eigenvalue weighted by molar-refractivity contribution is 7.98. The predicted octanol–water partition coefficient (Wildman–Crippen LogP) is 3.05. The summed E-state index contributed by atoms with van der Waals surface area (Å²) in [6.45, 7) is 0.727. The maximum atomic E-state index is 11.1. The van der Waals surface area contributed by atoms with E-state index in [0.29, 0.717) is 0 Å². The van der Waals surface area contributed by atoms with Crippen LogP contribution >= 0.6 is 11.8 Å². The van der Waals surface area contributed by atoms with Crippen LogP contribution in [0.15, 0.2) is 53.4 Å². The Hall–Kier alpha value is -1.94. The van der Waals surface area contributed by atoms with Crippen molar-refractivity contribution in [2.75, 3.05) is 11.6 Å². The summed E-state index contributed by atoms with van der Waals surface area (Å²) in [6, 6.07) is 16.2. The number of carbonyl (C=O) groups excluding carboxylic acids is 1. The van der Waals surface area contributed by atoms with Gasteiger partial charge < -0.3 is 11.1 Å². The molecule has 1 amide bonds. The normalized spacial score (nSPS) is 10.2. The smallest absolute Gasteiger partial charge is 0.221 e. The van der Waals surface area contributed by atoms with Crippen LogP contribution in [0, 0.1) is 0 Å². The fourth-order valence-corrected chi connectivity index (χ4v) is 2.38. The number of thioether (sulfide) groups is 1. The van der Waals surface area contributed by atoms with Gasteiger partial charge >= 0.3 is 0 Å². The molecule has 20 heavy (non-hydrogen) atoms. The lowest BCUT2D eigenvalue weighted by atomic mass is 10.1. The van der Waals surface area contributed by atoms with Crippen LogP contribution in [-0.4, -0.2) is 12.2 Å². The number of anilines is 1. The van der Waals surface area contributed by atoms with E-state index >= 15 is 0 Å². The predicted molar refractivity (Wildman–Crippen MR) is 84.9 cm³/mol. The first kappa shape index (κ1) is 14.5. The van der Waals surface area contributed by atoms with Gasteiger partial charge in [-0.2, -0.15) is 0 Å². The molecule has 0 aromatic heterocycles. The van der Waals surface area contributed by atoms with Crippen LogP contribution in [0.5, 0.6) is 0 Å². The van der Waals surface area contributed by atoms with E-state index in [0.717, 1.165) is 17.8 Å². The van der Waals surface area contributed by atoms with Crippen molar-refractivity contribution in [3.63, 3.8) is 0 Å². The maximum Gasteiger partial charge on any atom is 0.221 e. The average molecular weight is 286 g/mol. The van der Waals surface area contributed by atoms with Crippen LogP contribution in [0.2, 0.25) is 0 Å². The van der Waals surface area contributed by atoms with Crippen molar-refractivity contribution in [3.8, 4) is 0 Å². The SMILES string of the molecule is CSc1ccc(CNc2ccccc2CC(N)=O)cc1. The number of para-hydroxylation sites is 1. The summed E-state index contributed by atoms with van der Waals surface area (Å²) in [7, 11) is 0. The van der Waals surface area contributed by atoms with E-state index in [1.807, 2.05) is 24.3 Å². The molecular weight excluding hydrogens is 268 g/mol. The van der Waals surface area contributed by atoms with Crippen molar-refractivity contribution in [2.24, 2.45) is 5.73 Å². The van der Waals surface area contributed by atoms with Gasteiger partial charge in [0.25, 0.3) is 0 Å². The van der Waals surface area contributed by atoms with Crippen LogP contribution in [0.4, 0.5) is 5.69 Å². The van der Waals surface area contributed by atoms with Gasteiger partial charge in [0.2, 0.25) is 5.91 Å². The monoisotopic (exact) mass is 286 g/mol. The second-order valence-electron chi connectivity index (χ2n) is 4.50. The lowest BCUT2D eigenvalue weighted by Gasteiger charge is -2.11. The summed E-state index contributed by atoms with van der Waals surface area (Å²) in [5.41, 5.74) is 8.36. The third-order valence-corrected chi connectivity index (χ3v) is 3.77. The Morgan fingerprint density at radius 3 is 2.50 bits per heavy atom. The van der Waals surface area contributed by atoms with Gasteiger partial charge in [0.1, 0.15) is 0 Å². The molecule has 0 saturated heterocycles. The van der Waals surface area contributed by atoms with Gasteiger partial charge in [0.05, 0.1) is 6.42 Å². The number of hydrogen-bond acceptors (Lipinski definition) is 3. The van der Waals surface area contributed by atoms with Crippen LogP contribution in [0.1, 0.15) is 11.1 Å². The molecule has 2 rings (SSSR count). The Bertz CT molecular complexity index is 581. The second kappa shape index (κ2) is 7.01. The van der Waals surface area contributed by atoms with E-state index in [2.05, 4.69) is 35.8 Å². The van der Waals surface area contributed by atoms with Crippen molar-refractivity contribution in [3.05, 3.63) is 59.7 Å². The molecule has 2 aromatic carbocycles. The Labute approximate surface area is 123 Å². The largest absolute Gasteiger partial charge is 0.381 e. The zero-order valence-corrected chi connectivity index (χ0v) is 12.2. The van der Waals surface area contributed by atoms with Gasteiger partial charge in [-0.25, -0.2) is 0 Å². The molecule has 0 fully saturated rings. The summed E-state index contributed by atoms with van der Waals surface area (Å²) in [5.74, 6) is -0.316. The molecule has 2 aromatic rings. The number of primary amides is 1. The summed E-state index contributed by atoms with van der Waals surface area (Å²) in [4.78, 5) is 12.3. The topological polar surface area (TPSA) is 55.1 Å². The third-order valence-electron chi connectivity index (χ3n) is 3.02. The molecule has 4 heteroatoms. The Kier molecular flexibility index (Phi) is 5.07. The minimum atomic E-state index is -0.316. The maximum absolute atomic E-state index is 11.1. The Morgan fingerprint density at radius 2 is 1.85 bits per heavy atom. The highest BCUT2D eigenvalue weighted by Crippen LogP contribution is 2.18. The van der Waals surface area contributed by atoms with Crippen LogP contribution < -0.4 is 11.1 Å². The third kappa shape index (κ3) is 4.03. The van der Waals surface area contributed by atoms with Gasteiger partial charge in [-0.15, -0.1) is 11.8 Å². The van der Waals surface area contributed by atoms with Crippen LogP contribution in [-0.2, 0) is 17.8 Å². The number of carbonyl (C=O) groups is 1. The number of nitrogens with one attached hydrogen (secondary N) is 1. The standard InChI is InChI=1S/C16H18N2OS/c1-20-14-8-6-12(7-9-14)11-18-15-5-3-2-4-13(15)10-16(17)19/h2-9,18H,10-11H2,1H3,(H2,17,19). The fraction of sp³-hybridized carbons (Fsp3) is 0.188. The van der Waals surface area contributed by atoms with Gasteiger partial charge in [-0.1, -0.05) is 30.3 Å². The number of nitrogens with two attached hydrogens (primary N) is 1. The molecule has 0 spiro atoms. The van der Waals surface area contributed by atoms with Crippen LogP contribution in [0.25, 0.3) is 0 Å². The Balaban J connectivity index is 2.04. The molecule has 0 saturated carbocycles. The molecule has 0 bridgehead atoms. The van der Waals surface area contributed by atoms with Crippen molar-refractivity contribution in [1.29, 1.82) is 0 Å². The fourth-order valence-electron chi connectivity index (χ4n) is 1.98. The number of hydrogen-bond donors (Lipinski definition) is 2. The van der Waals surface area contributed by atoms with E-state index in [4.69, 9.17) is 5.73 Å². The quantitative estimate of drug-likeness (QED) is 0.802. The second-order valence-corrected chi connectivity index (χ2v) is 5.38. The first-order valence-corrected chi connectivity index (χ1v) is 7.64. The summed E-state index contributed by atoms with van der Waals surface area (Å²) < 4.78 is 0. The summed E-state index contributed by atoms with van der Waals surface area (Å²) in [5, 5.41) is 3.36. The van der Waals surface area contributed by atoms with Crippen LogP contribution in [0.3, 0.4) is 0 Å². The molecule has 3 N–H and O–H groups in total. The average Bonchev–Trinajstić information content (AvgIpc) is 2.46. The van der Waals surface area contributed by atoms with E-state index in [-0.39, 0.29) is 12.3 Å². The van der Waals surface area contributed by atoms with Gasteiger partial charge in [0, 0.05) is 17.1 Å². The molecular formula is C16H18N2OS. The van der Waals surface area contributed by atoms with E-state index in [9.17, 15) is 4.79 Å². The van der Waals surface area contributed by atoms with Crippen molar-refractivity contribution >= 4 is 23.4 Å². The number of benzene rings is 2. The summed E-state index contributed by atoms with van der Waals surface area (Å²) >= 11 is 1.73. The van der Waals surface area contributed by atoms with E-state index in [1.165, 1.54) is 10.5 Å². The lowest BCUT2D eigenvalue weighted by Crippen LogP contribution is -2.15. The summed E-state index contributed by atoms with van der Waals surface area (Å²) in [6.07, 6.45) is 2.32. The van der Waals surface area contributed by atoms with E-state index in [1.54, 1.807) is 11.8 Å². The number of amides is 1. The Morgan fingerprint density at radius 1 is 1.15 bits per heavy atom. The molecule has 3 nitrogen and oxygen atoms in total. The first-order chi connectivity index (χ1) is 9.69. The molecule has 0 heterocycles. The van der Waals surface area contributed by atoms with Gasteiger partial charge in [-0.05, 0) is 35.6 Å².